The van der Waals surface area contributed by atoms with Crippen LogP contribution < -0.4 is 0 Å². The summed E-state index contributed by atoms with van der Waals surface area (Å²) in [5, 5.41) is 10.8. The molecule has 0 bridgehead atoms. The molecule has 0 fully saturated rings. The third-order valence-electron chi connectivity index (χ3n) is 1.77. The highest BCUT2D eigenvalue weighted by atomic mass is 16.1. The summed E-state index contributed by atoms with van der Waals surface area (Å²) in [6.45, 7) is 3.96. The molecule has 1 rings (SSSR count). The Balaban J connectivity index is 0. The predicted octanol–water partition coefficient (Wildman–Crippen LogP) is 1.92. The van der Waals surface area contributed by atoms with Crippen LogP contribution in [0.5, 0.6) is 0 Å². The molecule has 1 aromatic rings. The van der Waals surface area contributed by atoms with Gasteiger partial charge in [0.2, 0.25) is 12.2 Å². The topological polar surface area (TPSA) is 98.9 Å². The highest BCUT2D eigenvalue weighted by Crippen LogP contribution is 2.09. The van der Waals surface area contributed by atoms with Gasteiger partial charge in [-0.25, -0.2) is 20.4 Å². The lowest BCUT2D eigenvalue weighted by atomic mass is 10.1. The fraction of sp³-hybridized carbons (Fsp3) is 0.182. The number of hydrogen-bond donors (Lipinski definition) is 2. The second kappa shape index (κ2) is 10.7. The lowest BCUT2D eigenvalue weighted by molar-refractivity contribution is 0.112. The molecule has 0 amide bonds. The Kier molecular flexibility index (Phi) is 10.8. The van der Waals surface area contributed by atoms with Crippen molar-refractivity contribution in [2.75, 3.05) is 0 Å². The fourth-order valence-corrected chi connectivity index (χ4v) is 0.901. The molecule has 5 heteroatoms. The molecule has 0 aliphatic carbocycles. The van der Waals surface area contributed by atoms with Crippen molar-refractivity contribution < 1.29 is 14.4 Å². The summed E-state index contributed by atoms with van der Waals surface area (Å²) in [7, 11) is 0. The van der Waals surface area contributed by atoms with Crippen molar-refractivity contribution in [3.63, 3.8) is 0 Å². The molecule has 0 radical (unpaired) electrons. The number of aldehydes is 1. The zero-order chi connectivity index (χ0) is 13.0. The first-order chi connectivity index (χ1) is 7.58. The molecule has 5 nitrogen and oxygen atoms in total. The Morgan fingerprint density at radius 2 is 1.56 bits per heavy atom. The second-order valence-electron chi connectivity index (χ2n) is 2.61. The number of isocyanates is 2. The van der Waals surface area contributed by atoms with E-state index in [0.29, 0.717) is 0 Å². The Hall–Kier alpha value is -2.35. The Morgan fingerprint density at radius 3 is 1.88 bits per heavy atom. The first-order valence-corrected chi connectivity index (χ1v) is 4.18. The fourth-order valence-electron chi connectivity index (χ4n) is 0.901. The molecule has 16 heavy (non-hydrogen) atoms. The summed E-state index contributed by atoms with van der Waals surface area (Å²) in [5.41, 5.74) is 3.04. The number of rotatable bonds is 1. The molecule has 1 aromatic carbocycles. The molecule has 0 heterocycles. The van der Waals surface area contributed by atoms with Gasteiger partial charge in [-0.05, 0) is 25.0 Å². The third-order valence-corrected chi connectivity index (χ3v) is 1.77. The number of aryl methyl sites for hydroxylation is 1. The van der Waals surface area contributed by atoms with E-state index in [1.807, 2.05) is 32.0 Å². The van der Waals surface area contributed by atoms with Crippen LogP contribution in [-0.2, 0) is 9.59 Å². The standard InChI is InChI=1S/C9H10O.2CHNO/c1-7-4-3-5-9(6-10)8(7)2;2*2-1-3/h3-6H,1-2H3;2*2H. The minimum absolute atomic E-state index is 0.750. The van der Waals surface area contributed by atoms with Gasteiger partial charge in [0.15, 0.2) is 0 Å². The van der Waals surface area contributed by atoms with Gasteiger partial charge in [-0.3, -0.25) is 4.79 Å². The van der Waals surface area contributed by atoms with Crippen molar-refractivity contribution >= 4 is 18.4 Å². The molecule has 0 aromatic heterocycles. The average molecular weight is 220 g/mol. The molecule has 0 saturated carbocycles. The van der Waals surface area contributed by atoms with Crippen LogP contribution in [0, 0.1) is 24.7 Å². The van der Waals surface area contributed by atoms with Crippen molar-refractivity contribution in [2.24, 2.45) is 0 Å². The number of carbonyl (C=O) groups excluding carboxylic acids is 3. The van der Waals surface area contributed by atoms with Crippen LogP contribution in [-0.4, -0.2) is 18.4 Å². The maximum absolute atomic E-state index is 10.4. The predicted molar refractivity (Wildman–Crippen MR) is 58.1 cm³/mol. The largest absolute Gasteiger partial charge is 0.298 e. The molecule has 0 spiro atoms. The van der Waals surface area contributed by atoms with E-state index in [-0.39, 0.29) is 0 Å². The zero-order valence-corrected chi connectivity index (χ0v) is 9.03. The normalized spacial score (nSPS) is 6.88. The molecule has 0 aliphatic heterocycles. The van der Waals surface area contributed by atoms with Crippen molar-refractivity contribution in [1.82, 2.24) is 0 Å². The summed E-state index contributed by atoms with van der Waals surface area (Å²) in [6, 6.07) is 5.73. The van der Waals surface area contributed by atoms with Gasteiger partial charge in [-0.15, -0.1) is 0 Å². The van der Waals surface area contributed by atoms with Gasteiger partial charge in [0.05, 0.1) is 0 Å². The average Bonchev–Trinajstić information content (AvgIpc) is 2.24. The summed E-state index contributed by atoms with van der Waals surface area (Å²) in [4.78, 5) is 27.1. The van der Waals surface area contributed by atoms with Gasteiger partial charge in [0, 0.05) is 5.56 Å². The van der Waals surface area contributed by atoms with Crippen LogP contribution in [0.25, 0.3) is 0 Å². The highest BCUT2D eigenvalue weighted by Gasteiger charge is 1.96. The quantitative estimate of drug-likeness (QED) is 0.429. The maximum atomic E-state index is 10.4. The molecule has 0 saturated heterocycles. The maximum Gasteiger partial charge on any atom is 0.231 e. The zero-order valence-electron chi connectivity index (χ0n) is 9.03. The van der Waals surface area contributed by atoms with Crippen LogP contribution in [0.4, 0.5) is 0 Å². The number of carbonyl (C=O) groups is 1. The van der Waals surface area contributed by atoms with Gasteiger partial charge in [0.25, 0.3) is 0 Å². The minimum Gasteiger partial charge on any atom is -0.298 e. The first-order valence-electron chi connectivity index (χ1n) is 4.18. The Bertz CT molecular complexity index is 390. The van der Waals surface area contributed by atoms with E-state index in [2.05, 4.69) is 0 Å². The number of nitrogens with one attached hydrogen (secondary N) is 2. The van der Waals surface area contributed by atoms with Crippen LogP contribution in [0.15, 0.2) is 18.2 Å². The summed E-state index contributed by atoms with van der Waals surface area (Å²) < 4.78 is 0. The van der Waals surface area contributed by atoms with Crippen LogP contribution in [0.1, 0.15) is 21.5 Å². The number of benzene rings is 1. The molecule has 2 N–H and O–H groups in total. The molecule has 0 unspecified atom stereocenters. The second-order valence-corrected chi connectivity index (χ2v) is 2.61. The third kappa shape index (κ3) is 7.09. The van der Waals surface area contributed by atoms with Gasteiger partial charge in [0.1, 0.15) is 6.29 Å². The molecular weight excluding hydrogens is 208 g/mol. The molecule has 0 aliphatic rings. The van der Waals surface area contributed by atoms with E-state index in [1.165, 1.54) is 5.56 Å². The number of hydrogen-bond acceptors (Lipinski definition) is 5. The SMILES string of the molecule is Cc1cccc(C=O)c1C.N=C=O.N=C=O. The summed E-state index contributed by atoms with van der Waals surface area (Å²) in [5.74, 6) is 0. The van der Waals surface area contributed by atoms with Crippen molar-refractivity contribution in [3.8, 4) is 0 Å². The van der Waals surface area contributed by atoms with Gasteiger partial charge >= 0.3 is 0 Å². The molecular formula is C11H12N2O3. The van der Waals surface area contributed by atoms with Gasteiger partial charge in [-0.1, -0.05) is 18.2 Å². The van der Waals surface area contributed by atoms with Crippen LogP contribution in [0.2, 0.25) is 0 Å². The van der Waals surface area contributed by atoms with E-state index < -0.39 is 0 Å². The van der Waals surface area contributed by atoms with E-state index in [1.54, 1.807) is 0 Å². The summed E-state index contributed by atoms with van der Waals surface area (Å²) in [6.07, 6.45) is 2.39. The highest BCUT2D eigenvalue weighted by molar-refractivity contribution is 5.77. The molecule has 0 atom stereocenters. The van der Waals surface area contributed by atoms with E-state index in [9.17, 15) is 4.79 Å². The van der Waals surface area contributed by atoms with E-state index in [4.69, 9.17) is 20.4 Å². The smallest absolute Gasteiger partial charge is 0.231 e. The lowest BCUT2D eigenvalue weighted by Gasteiger charge is -1.99. The van der Waals surface area contributed by atoms with Crippen molar-refractivity contribution in [3.05, 3.63) is 34.9 Å². The Labute approximate surface area is 93.1 Å². The monoisotopic (exact) mass is 220 g/mol. The van der Waals surface area contributed by atoms with Crippen LogP contribution in [0.3, 0.4) is 0 Å². The van der Waals surface area contributed by atoms with E-state index >= 15 is 0 Å². The lowest BCUT2D eigenvalue weighted by Crippen LogP contribution is -1.87. The van der Waals surface area contributed by atoms with E-state index in [0.717, 1.165) is 29.6 Å². The minimum atomic E-state index is 0.750. The van der Waals surface area contributed by atoms with Crippen molar-refractivity contribution in [2.45, 2.75) is 13.8 Å². The van der Waals surface area contributed by atoms with Crippen LogP contribution >= 0.6 is 0 Å². The molecule has 84 valence electrons. The first kappa shape index (κ1) is 16.1. The summed E-state index contributed by atoms with van der Waals surface area (Å²) >= 11 is 0. The Morgan fingerprint density at radius 1 is 1.12 bits per heavy atom. The van der Waals surface area contributed by atoms with Gasteiger partial charge in [-0.2, -0.15) is 0 Å². The van der Waals surface area contributed by atoms with Crippen molar-refractivity contribution in [1.29, 1.82) is 10.8 Å². The van der Waals surface area contributed by atoms with Gasteiger partial charge < -0.3 is 0 Å².